The SMILES string of the molecule is CCCCOCCCNCCS(=O)(=O)O. The minimum Gasteiger partial charge on any atom is -0.381 e. The van der Waals surface area contributed by atoms with E-state index in [4.69, 9.17) is 9.29 Å². The fourth-order valence-electron chi connectivity index (χ4n) is 0.974. The Balaban J connectivity index is 3.06. The van der Waals surface area contributed by atoms with Gasteiger partial charge in [0, 0.05) is 19.8 Å². The fourth-order valence-corrected chi connectivity index (χ4v) is 1.38. The minimum atomic E-state index is -3.82. The summed E-state index contributed by atoms with van der Waals surface area (Å²) < 4.78 is 34.4. The number of rotatable bonds is 10. The van der Waals surface area contributed by atoms with Crippen molar-refractivity contribution in [3.63, 3.8) is 0 Å². The highest BCUT2D eigenvalue weighted by Gasteiger charge is 2.01. The third-order valence-corrected chi connectivity index (χ3v) is 2.54. The van der Waals surface area contributed by atoms with Gasteiger partial charge >= 0.3 is 0 Å². The molecule has 0 unspecified atom stereocenters. The van der Waals surface area contributed by atoms with Crippen molar-refractivity contribution in [1.29, 1.82) is 0 Å². The standard InChI is InChI=1S/C9H21NO4S/c1-2-3-7-14-8-4-5-10-6-9-15(11,12)13/h10H,2-9H2,1H3,(H,11,12,13). The predicted molar refractivity (Wildman–Crippen MR) is 59.6 cm³/mol. The van der Waals surface area contributed by atoms with Crippen LogP contribution < -0.4 is 5.32 Å². The zero-order chi connectivity index (χ0) is 11.6. The molecule has 92 valence electrons. The summed E-state index contributed by atoms with van der Waals surface area (Å²) in [4.78, 5) is 0. The molecule has 6 heteroatoms. The van der Waals surface area contributed by atoms with E-state index in [1.807, 2.05) is 0 Å². The van der Waals surface area contributed by atoms with Gasteiger partial charge in [-0.25, -0.2) is 0 Å². The lowest BCUT2D eigenvalue weighted by Gasteiger charge is -2.04. The van der Waals surface area contributed by atoms with Gasteiger partial charge in [-0.1, -0.05) is 13.3 Å². The summed E-state index contributed by atoms with van der Waals surface area (Å²) >= 11 is 0. The van der Waals surface area contributed by atoms with Crippen molar-refractivity contribution >= 4 is 10.1 Å². The third kappa shape index (κ3) is 13.8. The molecule has 0 bridgehead atoms. The lowest BCUT2D eigenvalue weighted by atomic mass is 10.4. The molecular formula is C9H21NO4S. The number of hydrogen-bond acceptors (Lipinski definition) is 4. The molecule has 0 aromatic heterocycles. The lowest BCUT2D eigenvalue weighted by Crippen LogP contribution is -2.24. The second-order valence-electron chi connectivity index (χ2n) is 3.36. The van der Waals surface area contributed by atoms with E-state index in [0.29, 0.717) is 13.2 Å². The molecule has 0 rings (SSSR count). The van der Waals surface area contributed by atoms with Gasteiger partial charge in [0.1, 0.15) is 0 Å². The highest BCUT2D eigenvalue weighted by Crippen LogP contribution is 1.89. The Morgan fingerprint density at radius 2 is 1.87 bits per heavy atom. The van der Waals surface area contributed by atoms with Crippen LogP contribution in [0.1, 0.15) is 26.2 Å². The van der Waals surface area contributed by atoms with Gasteiger partial charge in [-0.2, -0.15) is 8.42 Å². The molecular weight excluding hydrogens is 218 g/mol. The fraction of sp³-hybridized carbons (Fsp3) is 1.00. The first-order valence-corrected chi connectivity index (χ1v) is 6.91. The smallest absolute Gasteiger partial charge is 0.266 e. The summed E-state index contributed by atoms with van der Waals surface area (Å²) in [6.07, 6.45) is 3.07. The number of hydrogen-bond donors (Lipinski definition) is 2. The van der Waals surface area contributed by atoms with Crippen molar-refractivity contribution in [1.82, 2.24) is 5.32 Å². The molecule has 0 aliphatic heterocycles. The Morgan fingerprint density at radius 3 is 2.47 bits per heavy atom. The van der Waals surface area contributed by atoms with Gasteiger partial charge in [-0.15, -0.1) is 0 Å². The van der Waals surface area contributed by atoms with E-state index >= 15 is 0 Å². The average Bonchev–Trinajstić information content (AvgIpc) is 2.14. The molecule has 2 N–H and O–H groups in total. The maximum Gasteiger partial charge on any atom is 0.266 e. The van der Waals surface area contributed by atoms with Gasteiger partial charge < -0.3 is 10.1 Å². The molecule has 0 aromatic carbocycles. The molecule has 0 heterocycles. The first-order valence-electron chi connectivity index (χ1n) is 5.30. The summed E-state index contributed by atoms with van der Waals surface area (Å²) in [6.45, 7) is 4.59. The molecule has 0 fully saturated rings. The van der Waals surface area contributed by atoms with E-state index in [9.17, 15) is 8.42 Å². The van der Waals surface area contributed by atoms with Gasteiger partial charge in [-0.3, -0.25) is 4.55 Å². The quantitative estimate of drug-likeness (QED) is 0.433. The average molecular weight is 239 g/mol. The molecule has 0 saturated carbocycles. The van der Waals surface area contributed by atoms with E-state index in [2.05, 4.69) is 12.2 Å². The predicted octanol–water partition coefficient (Wildman–Crippen LogP) is 0.671. The van der Waals surface area contributed by atoms with Gasteiger partial charge in [0.25, 0.3) is 10.1 Å². The maximum absolute atomic E-state index is 10.3. The summed E-state index contributed by atoms with van der Waals surface area (Å²) in [6, 6.07) is 0. The first kappa shape index (κ1) is 14.8. The summed E-state index contributed by atoms with van der Waals surface area (Å²) in [7, 11) is -3.82. The molecule has 0 spiro atoms. The summed E-state index contributed by atoms with van der Waals surface area (Å²) in [5.74, 6) is -0.232. The Morgan fingerprint density at radius 1 is 1.20 bits per heavy atom. The number of unbranched alkanes of at least 4 members (excludes halogenated alkanes) is 1. The Labute approximate surface area is 92.0 Å². The van der Waals surface area contributed by atoms with Crippen molar-refractivity contribution in [3.8, 4) is 0 Å². The summed E-state index contributed by atoms with van der Waals surface area (Å²) in [5.41, 5.74) is 0. The Hall–Kier alpha value is -0.170. The van der Waals surface area contributed by atoms with Crippen LogP contribution >= 0.6 is 0 Å². The van der Waals surface area contributed by atoms with Crippen molar-refractivity contribution in [2.45, 2.75) is 26.2 Å². The number of nitrogens with one attached hydrogen (secondary N) is 1. The van der Waals surface area contributed by atoms with Crippen LogP contribution in [0.5, 0.6) is 0 Å². The van der Waals surface area contributed by atoms with Crippen LogP contribution in [0.2, 0.25) is 0 Å². The van der Waals surface area contributed by atoms with Gasteiger partial charge in [-0.05, 0) is 19.4 Å². The van der Waals surface area contributed by atoms with Crippen molar-refractivity contribution in [2.24, 2.45) is 0 Å². The number of ether oxygens (including phenoxy) is 1. The van der Waals surface area contributed by atoms with Crippen LogP contribution in [0, 0.1) is 0 Å². The van der Waals surface area contributed by atoms with Gasteiger partial charge in [0.15, 0.2) is 0 Å². The van der Waals surface area contributed by atoms with E-state index in [1.54, 1.807) is 0 Å². The normalized spacial score (nSPS) is 11.9. The van der Waals surface area contributed by atoms with Crippen LogP contribution in [0.15, 0.2) is 0 Å². The highest BCUT2D eigenvalue weighted by molar-refractivity contribution is 7.85. The van der Waals surface area contributed by atoms with Crippen LogP contribution in [-0.2, 0) is 14.9 Å². The van der Waals surface area contributed by atoms with E-state index in [0.717, 1.165) is 25.9 Å². The second-order valence-corrected chi connectivity index (χ2v) is 4.93. The second kappa shape index (κ2) is 9.08. The van der Waals surface area contributed by atoms with E-state index in [1.165, 1.54) is 0 Å². The lowest BCUT2D eigenvalue weighted by molar-refractivity contribution is 0.129. The van der Waals surface area contributed by atoms with Gasteiger partial charge in [0.05, 0.1) is 5.75 Å². The summed E-state index contributed by atoms with van der Waals surface area (Å²) in [5, 5.41) is 2.91. The van der Waals surface area contributed by atoms with Crippen molar-refractivity contribution in [3.05, 3.63) is 0 Å². The molecule has 5 nitrogen and oxygen atoms in total. The first-order chi connectivity index (χ1) is 7.06. The van der Waals surface area contributed by atoms with Crippen LogP contribution in [-0.4, -0.2) is 45.0 Å². The Bertz CT molecular complexity index is 228. The van der Waals surface area contributed by atoms with Crippen molar-refractivity contribution < 1.29 is 17.7 Å². The van der Waals surface area contributed by atoms with Crippen LogP contribution in [0.4, 0.5) is 0 Å². The third-order valence-electron chi connectivity index (χ3n) is 1.82. The molecule has 0 radical (unpaired) electrons. The zero-order valence-electron chi connectivity index (χ0n) is 9.24. The van der Waals surface area contributed by atoms with Crippen LogP contribution in [0.3, 0.4) is 0 Å². The Kier molecular flexibility index (Phi) is 8.98. The largest absolute Gasteiger partial charge is 0.381 e. The minimum absolute atomic E-state index is 0.232. The highest BCUT2D eigenvalue weighted by atomic mass is 32.2. The van der Waals surface area contributed by atoms with Crippen LogP contribution in [0.25, 0.3) is 0 Å². The monoisotopic (exact) mass is 239 g/mol. The van der Waals surface area contributed by atoms with Gasteiger partial charge in [0.2, 0.25) is 0 Å². The van der Waals surface area contributed by atoms with E-state index in [-0.39, 0.29) is 12.3 Å². The zero-order valence-corrected chi connectivity index (χ0v) is 10.1. The molecule has 0 aliphatic rings. The molecule has 0 aromatic rings. The van der Waals surface area contributed by atoms with E-state index < -0.39 is 10.1 Å². The maximum atomic E-state index is 10.3. The molecule has 0 aliphatic carbocycles. The molecule has 0 saturated heterocycles. The molecule has 0 amide bonds. The van der Waals surface area contributed by atoms with Crippen molar-refractivity contribution in [2.75, 3.05) is 32.1 Å². The molecule has 0 atom stereocenters. The topological polar surface area (TPSA) is 75.6 Å². The molecule has 15 heavy (non-hydrogen) atoms.